The molecule has 0 unspecified atom stereocenters. The van der Waals surface area contributed by atoms with E-state index < -0.39 is 0 Å². The molecule has 0 saturated carbocycles. The van der Waals surface area contributed by atoms with Crippen molar-refractivity contribution in [3.8, 4) is 0 Å². The zero-order valence-corrected chi connectivity index (χ0v) is 10.4. The summed E-state index contributed by atoms with van der Waals surface area (Å²) in [6, 6.07) is 2.21. The molecule has 90 valence electrons. The third-order valence-corrected chi connectivity index (χ3v) is 3.56. The average Bonchev–Trinajstić information content (AvgIpc) is 2.88. The van der Waals surface area contributed by atoms with Crippen molar-refractivity contribution in [1.82, 2.24) is 10.3 Å². The second kappa shape index (κ2) is 3.72. The van der Waals surface area contributed by atoms with Crippen molar-refractivity contribution in [2.75, 3.05) is 18.4 Å². The van der Waals surface area contributed by atoms with Crippen LogP contribution in [0, 0.1) is 0 Å². The van der Waals surface area contributed by atoms with E-state index in [1.807, 2.05) is 6.20 Å². The molecule has 3 rings (SSSR count). The number of aromatic nitrogens is 1. The number of pyridine rings is 1. The van der Waals surface area contributed by atoms with Gasteiger partial charge in [0, 0.05) is 17.7 Å². The van der Waals surface area contributed by atoms with E-state index in [0.29, 0.717) is 0 Å². The van der Waals surface area contributed by atoms with Crippen molar-refractivity contribution in [2.45, 2.75) is 32.1 Å². The molecule has 0 bridgehead atoms. The first-order valence-corrected chi connectivity index (χ1v) is 6.20. The molecular weight excluding hydrogens is 212 g/mol. The van der Waals surface area contributed by atoms with Crippen LogP contribution in [0.5, 0.6) is 0 Å². The van der Waals surface area contributed by atoms with Gasteiger partial charge in [0.15, 0.2) is 5.96 Å². The first kappa shape index (κ1) is 10.6. The van der Waals surface area contributed by atoms with Crippen LogP contribution in [-0.4, -0.2) is 24.0 Å². The number of fused-ring (bicyclic) bond motifs is 1. The Labute approximate surface area is 102 Å². The summed E-state index contributed by atoms with van der Waals surface area (Å²) >= 11 is 0. The van der Waals surface area contributed by atoms with Gasteiger partial charge in [-0.2, -0.15) is 0 Å². The van der Waals surface area contributed by atoms with E-state index in [1.54, 1.807) is 0 Å². The minimum Gasteiger partial charge on any atom is -0.354 e. The molecule has 0 fully saturated rings. The standard InChI is InChI=1S/C13H18N4/c1-13(2)4-3-9-7-10(8-16-11(9)13)17-12-14-5-6-15-12/h7-8H,3-6H2,1-2H3,(H2,14,15,17). The van der Waals surface area contributed by atoms with Gasteiger partial charge in [-0.05, 0) is 24.5 Å². The van der Waals surface area contributed by atoms with Crippen molar-refractivity contribution in [3.63, 3.8) is 0 Å². The Morgan fingerprint density at radius 3 is 3.06 bits per heavy atom. The monoisotopic (exact) mass is 230 g/mol. The molecule has 17 heavy (non-hydrogen) atoms. The third-order valence-electron chi connectivity index (χ3n) is 3.56. The highest BCUT2D eigenvalue weighted by molar-refractivity contribution is 5.94. The zero-order valence-electron chi connectivity index (χ0n) is 10.4. The lowest BCUT2D eigenvalue weighted by atomic mass is 9.90. The number of aliphatic imine (C=N–C) groups is 1. The number of hydrogen-bond acceptors (Lipinski definition) is 4. The summed E-state index contributed by atoms with van der Waals surface area (Å²) in [7, 11) is 0. The van der Waals surface area contributed by atoms with Gasteiger partial charge in [-0.15, -0.1) is 0 Å². The fourth-order valence-electron chi connectivity index (χ4n) is 2.56. The molecule has 0 saturated heterocycles. The number of hydrogen-bond donors (Lipinski definition) is 2. The Kier molecular flexibility index (Phi) is 2.31. The quantitative estimate of drug-likeness (QED) is 0.771. The lowest BCUT2D eigenvalue weighted by molar-refractivity contribution is 0.509. The highest BCUT2D eigenvalue weighted by Crippen LogP contribution is 2.37. The van der Waals surface area contributed by atoms with Crippen molar-refractivity contribution in [2.24, 2.45) is 4.99 Å². The predicted octanol–water partition coefficient (Wildman–Crippen LogP) is 1.68. The summed E-state index contributed by atoms with van der Waals surface area (Å²) in [5, 5.41) is 6.47. The molecular formula is C13H18N4. The molecule has 2 aliphatic rings. The van der Waals surface area contributed by atoms with Crippen LogP contribution in [0.4, 0.5) is 5.69 Å². The molecule has 0 aromatic carbocycles. The van der Waals surface area contributed by atoms with Crippen LogP contribution in [0.3, 0.4) is 0 Å². The summed E-state index contributed by atoms with van der Waals surface area (Å²) in [5.74, 6) is 0.865. The first-order chi connectivity index (χ1) is 8.15. The van der Waals surface area contributed by atoms with Crippen molar-refractivity contribution in [3.05, 3.63) is 23.5 Å². The van der Waals surface area contributed by atoms with Crippen molar-refractivity contribution in [1.29, 1.82) is 0 Å². The van der Waals surface area contributed by atoms with Gasteiger partial charge in [0.05, 0.1) is 18.4 Å². The van der Waals surface area contributed by atoms with Gasteiger partial charge in [0.25, 0.3) is 0 Å². The number of aryl methyl sites for hydroxylation is 1. The van der Waals surface area contributed by atoms with Gasteiger partial charge in [-0.1, -0.05) is 13.8 Å². The SMILES string of the molecule is CC1(C)CCc2cc(NC3=NCCN3)cnc21. The molecule has 4 nitrogen and oxygen atoms in total. The molecule has 4 heteroatoms. The summed E-state index contributed by atoms with van der Waals surface area (Å²) in [6.45, 7) is 6.31. The van der Waals surface area contributed by atoms with Gasteiger partial charge < -0.3 is 10.6 Å². The lowest BCUT2D eigenvalue weighted by Crippen LogP contribution is -2.26. The van der Waals surface area contributed by atoms with E-state index in [9.17, 15) is 0 Å². The van der Waals surface area contributed by atoms with Gasteiger partial charge in [0.2, 0.25) is 0 Å². The number of nitrogens with zero attached hydrogens (tertiary/aromatic N) is 2. The molecule has 2 N–H and O–H groups in total. The van der Waals surface area contributed by atoms with Crippen molar-refractivity contribution < 1.29 is 0 Å². The molecule has 2 heterocycles. The zero-order chi connectivity index (χ0) is 11.9. The maximum Gasteiger partial charge on any atom is 0.195 e. The van der Waals surface area contributed by atoms with Crippen LogP contribution >= 0.6 is 0 Å². The van der Waals surface area contributed by atoms with Gasteiger partial charge in [0.1, 0.15) is 0 Å². The summed E-state index contributed by atoms with van der Waals surface area (Å²) in [4.78, 5) is 8.93. The molecule has 1 aliphatic heterocycles. The molecule has 1 aliphatic carbocycles. The number of anilines is 1. The third kappa shape index (κ3) is 1.88. The predicted molar refractivity (Wildman–Crippen MR) is 69.5 cm³/mol. The van der Waals surface area contributed by atoms with Crippen LogP contribution < -0.4 is 10.6 Å². The maximum absolute atomic E-state index is 4.61. The normalized spacial score (nSPS) is 20.7. The van der Waals surface area contributed by atoms with Crippen LogP contribution in [0.15, 0.2) is 17.3 Å². The molecule has 0 spiro atoms. The van der Waals surface area contributed by atoms with Crippen LogP contribution in [0.2, 0.25) is 0 Å². The van der Waals surface area contributed by atoms with Crippen LogP contribution in [-0.2, 0) is 11.8 Å². The highest BCUT2D eigenvalue weighted by Gasteiger charge is 2.31. The average molecular weight is 230 g/mol. The largest absolute Gasteiger partial charge is 0.354 e. The number of rotatable bonds is 1. The second-order valence-corrected chi connectivity index (χ2v) is 5.40. The van der Waals surface area contributed by atoms with Gasteiger partial charge in [-0.25, -0.2) is 0 Å². The molecule has 1 aromatic rings. The number of guanidine groups is 1. The highest BCUT2D eigenvalue weighted by atomic mass is 15.2. The van der Waals surface area contributed by atoms with Gasteiger partial charge >= 0.3 is 0 Å². The van der Waals surface area contributed by atoms with E-state index in [2.05, 4.69) is 40.5 Å². The smallest absolute Gasteiger partial charge is 0.195 e. The Bertz CT molecular complexity index is 476. The molecule has 1 aromatic heterocycles. The Morgan fingerprint density at radius 2 is 2.29 bits per heavy atom. The van der Waals surface area contributed by atoms with E-state index >= 15 is 0 Å². The summed E-state index contributed by atoms with van der Waals surface area (Å²) in [6.07, 6.45) is 4.23. The van der Waals surface area contributed by atoms with Crippen molar-refractivity contribution >= 4 is 11.6 Å². The second-order valence-electron chi connectivity index (χ2n) is 5.40. The fourth-order valence-corrected chi connectivity index (χ4v) is 2.56. The summed E-state index contributed by atoms with van der Waals surface area (Å²) in [5.41, 5.74) is 3.90. The van der Waals surface area contributed by atoms with E-state index in [1.165, 1.54) is 17.7 Å². The maximum atomic E-state index is 4.61. The lowest BCUT2D eigenvalue weighted by Gasteiger charge is -2.17. The van der Waals surface area contributed by atoms with E-state index in [4.69, 9.17) is 0 Å². The number of nitrogens with one attached hydrogen (secondary N) is 2. The minimum atomic E-state index is 0.233. The van der Waals surface area contributed by atoms with Gasteiger partial charge in [-0.3, -0.25) is 9.98 Å². The molecule has 0 radical (unpaired) electrons. The Balaban J connectivity index is 1.85. The van der Waals surface area contributed by atoms with E-state index in [0.717, 1.165) is 31.2 Å². The van der Waals surface area contributed by atoms with Crippen LogP contribution in [0.1, 0.15) is 31.5 Å². The van der Waals surface area contributed by atoms with Crippen LogP contribution in [0.25, 0.3) is 0 Å². The topological polar surface area (TPSA) is 49.3 Å². The first-order valence-electron chi connectivity index (χ1n) is 6.20. The Morgan fingerprint density at radius 1 is 1.41 bits per heavy atom. The Hall–Kier alpha value is -1.58. The fraction of sp³-hybridized carbons (Fsp3) is 0.538. The minimum absolute atomic E-state index is 0.233. The molecule has 0 amide bonds. The summed E-state index contributed by atoms with van der Waals surface area (Å²) < 4.78 is 0. The van der Waals surface area contributed by atoms with E-state index in [-0.39, 0.29) is 5.41 Å². The molecule has 0 atom stereocenters.